The van der Waals surface area contributed by atoms with Crippen molar-refractivity contribution in [3.05, 3.63) is 23.4 Å². The van der Waals surface area contributed by atoms with Gasteiger partial charge in [0.2, 0.25) is 0 Å². The Morgan fingerprint density at radius 2 is 1.85 bits per heavy atom. The summed E-state index contributed by atoms with van der Waals surface area (Å²) in [6.45, 7) is 3.63. The molecule has 0 heterocycles. The lowest BCUT2D eigenvalue weighted by molar-refractivity contribution is -0.136. The minimum Gasteiger partial charge on any atom is -0.466 e. The number of hydrogen-bond acceptors (Lipinski definition) is 3. The molecule has 0 atom stereocenters. The maximum atomic E-state index is 11.1. The Labute approximate surface area is 79.7 Å². The molecule has 0 rings (SSSR count). The van der Waals surface area contributed by atoms with E-state index in [1.54, 1.807) is 6.92 Å². The monoisotopic (exact) mass is 183 g/mol. The Kier molecular flexibility index (Phi) is 4.89. The molecular formula is C10H17NO2. The summed E-state index contributed by atoms with van der Waals surface area (Å²) < 4.78 is 4.60. The van der Waals surface area contributed by atoms with Crippen LogP contribution in [0.25, 0.3) is 0 Å². The van der Waals surface area contributed by atoms with Gasteiger partial charge in [0.05, 0.1) is 7.11 Å². The van der Waals surface area contributed by atoms with E-state index in [-0.39, 0.29) is 5.97 Å². The minimum atomic E-state index is -0.277. The third-order valence-corrected chi connectivity index (χ3v) is 1.71. The van der Waals surface area contributed by atoms with E-state index in [1.165, 1.54) is 7.11 Å². The first-order valence-corrected chi connectivity index (χ1v) is 4.09. The van der Waals surface area contributed by atoms with E-state index in [1.807, 2.05) is 38.2 Å². The number of carbonyl (C=O) groups excluding carboxylic acids is 1. The summed E-state index contributed by atoms with van der Waals surface area (Å²) in [4.78, 5) is 13.0. The fraction of sp³-hybridized carbons (Fsp3) is 0.500. The molecule has 0 saturated carbocycles. The van der Waals surface area contributed by atoms with Crippen molar-refractivity contribution in [1.29, 1.82) is 0 Å². The quantitative estimate of drug-likeness (QED) is 0.378. The van der Waals surface area contributed by atoms with E-state index in [4.69, 9.17) is 0 Å². The molecule has 3 heteroatoms. The molecule has 0 saturated heterocycles. The largest absolute Gasteiger partial charge is 0.466 e. The van der Waals surface area contributed by atoms with Crippen molar-refractivity contribution in [2.45, 2.75) is 13.8 Å². The van der Waals surface area contributed by atoms with Gasteiger partial charge in [-0.3, -0.25) is 0 Å². The van der Waals surface area contributed by atoms with E-state index in [9.17, 15) is 4.79 Å². The van der Waals surface area contributed by atoms with E-state index < -0.39 is 0 Å². The molecule has 0 radical (unpaired) electrons. The summed E-state index contributed by atoms with van der Waals surface area (Å²) in [7, 11) is 5.24. The standard InChI is InChI=1S/C10H17NO2/c1-8(6-7-11(3)4)9(2)10(12)13-5/h6-7H,1-5H3/b7-6+,9-8+. The lowest BCUT2D eigenvalue weighted by atomic mass is 10.1. The van der Waals surface area contributed by atoms with Crippen molar-refractivity contribution in [3.63, 3.8) is 0 Å². The molecule has 3 nitrogen and oxygen atoms in total. The summed E-state index contributed by atoms with van der Waals surface area (Å²) in [5.74, 6) is -0.277. The van der Waals surface area contributed by atoms with Gasteiger partial charge in [0.1, 0.15) is 0 Å². The lowest BCUT2D eigenvalue weighted by Gasteiger charge is -2.05. The van der Waals surface area contributed by atoms with Crippen LogP contribution >= 0.6 is 0 Å². The maximum Gasteiger partial charge on any atom is 0.333 e. The normalized spacial score (nSPS) is 12.7. The van der Waals surface area contributed by atoms with E-state index in [0.29, 0.717) is 5.57 Å². The van der Waals surface area contributed by atoms with Crippen LogP contribution in [0.2, 0.25) is 0 Å². The van der Waals surface area contributed by atoms with Crippen LogP contribution in [0.4, 0.5) is 0 Å². The van der Waals surface area contributed by atoms with Crippen LogP contribution in [-0.4, -0.2) is 32.1 Å². The zero-order valence-corrected chi connectivity index (χ0v) is 8.92. The van der Waals surface area contributed by atoms with Gasteiger partial charge in [-0.15, -0.1) is 0 Å². The highest BCUT2D eigenvalue weighted by Crippen LogP contribution is 2.06. The predicted molar refractivity (Wildman–Crippen MR) is 53.2 cm³/mol. The Hall–Kier alpha value is -1.25. The van der Waals surface area contributed by atoms with Gasteiger partial charge in [0, 0.05) is 19.7 Å². The second kappa shape index (κ2) is 5.41. The van der Waals surface area contributed by atoms with Gasteiger partial charge in [0.15, 0.2) is 0 Å². The first kappa shape index (κ1) is 11.8. The zero-order chi connectivity index (χ0) is 10.4. The van der Waals surface area contributed by atoms with E-state index in [0.717, 1.165) is 5.57 Å². The molecule has 0 fully saturated rings. The molecule has 0 N–H and O–H groups in total. The first-order valence-electron chi connectivity index (χ1n) is 4.09. The molecule has 0 aromatic rings. The first-order chi connectivity index (χ1) is 5.99. The molecule has 0 amide bonds. The summed E-state index contributed by atoms with van der Waals surface area (Å²) in [6, 6.07) is 0. The van der Waals surface area contributed by atoms with Crippen molar-refractivity contribution in [3.8, 4) is 0 Å². The molecule has 0 aromatic carbocycles. The van der Waals surface area contributed by atoms with Crippen LogP contribution in [0, 0.1) is 0 Å². The molecule has 74 valence electrons. The molecule has 0 aliphatic rings. The van der Waals surface area contributed by atoms with Crippen LogP contribution in [0.3, 0.4) is 0 Å². The fourth-order valence-electron chi connectivity index (χ4n) is 0.700. The smallest absolute Gasteiger partial charge is 0.333 e. The third kappa shape index (κ3) is 4.35. The van der Waals surface area contributed by atoms with E-state index >= 15 is 0 Å². The average molecular weight is 183 g/mol. The second-order valence-corrected chi connectivity index (χ2v) is 3.08. The van der Waals surface area contributed by atoms with Crippen molar-refractivity contribution in [1.82, 2.24) is 4.90 Å². The second-order valence-electron chi connectivity index (χ2n) is 3.08. The van der Waals surface area contributed by atoms with Crippen LogP contribution in [-0.2, 0) is 9.53 Å². The van der Waals surface area contributed by atoms with Crippen molar-refractivity contribution in [2.75, 3.05) is 21.2 Å². The van der Waals surface area contributed by atoms with Gasteiger partial charge in [-0.2, -0.15) is 0 Å². The Morgan fingerprint density at radius 1 is 1.31 bits per heavy atom. The molecule has 13 heavy (non-hydrogen) atoms. The number of rotatable bonds is 3. The molecule has 0 bridgehead atoms. The van der Waals surface area contributed by atoms with Gasteiger partial charge in [-0.05, 0) is 31.7 Å². The number of allylic oxidation sites excluding steroid dienone is 2. The van der Waals surface area contributed by atoms with Gasteiger partial charge >= 0.3 is 5.97 Å². The average Bonchev–Trinajstić information content (AvgIpc) is 2.11. The minimum absolute atomic E-state index is 0.277. The highest BCUT2D eigenvalue weighted by atomic mass is 16.5. The van der Waals surface area contributed by atoms with Crippen molar-refractivity contribution >= 4 is 5.97 Å². The number of carbonyl (C=O) groups is 1. The summed E-state index contributed by atoms with van der Waals surface area (Å²) >= 11 is 0. The van der Waals surface area contributed by atoms with Crippen LogP contribution in [0.1, 0.15) is 13.8 Å². The highest BCUT2D eigenvalue weighted by Gasteiger charge is 2.04. The fourth-order valence-corrected chi connectivity index (χ4v) is 0.700. The molecule has 0 aliphatic heterocycles. The molecular weight excluding hydrogens is 166 g/mol. The topological polar surface area (TPSA) is 29.5 Å². The number of esters is 1. The maximum absolute atomic E-state index is 11.1. The van der Waals surface area contributed by atoms with Crippen LogP contribution in [0.5, 0.6) is 0 Å². The zero-order valence-electron chi connectivity index (χ0n) is 8.92. The van der Waals surface area contributed by atoms with Gasteiger partial charge < -0.3 is 9.64 Å². The summed E-state index contributed by atoms with van der Waals surface area (Å²) in [5, 5.41) is 0. The number of nitrogens with zero attached hydrogens (tertiary/aromatic N) is 1. The molecule has 0 aliphatic carbocycles. The SMILES string of the molecule is COC(=O)/C(C)=C(C)/C=C/N(C)C. The van der Waals surface area contributed by atoms with Gasteiger partial charge in [-0.1, -0.05) is 0 Å². The van der Waals surface area contributed by atoms with Crippen molar-refractivity contribution < 1.29 is 9.53 Å². The molecule has 0 spiro atoms. The Balaban J connectivity index is 4.53. The van der Waals surface area contributed by atoms with E-state index in [2.05, 4.69) is 4.74 Å². The van der Waals surface area contributed by atoms with Gasteiger partial charge in [-0.25, -0.2) is 4.79 Å². The van der Waals surface area contributed by atoms with Crippen molar-refractivity contribution in [2.24, 2.45) is 0 Å². The van der Waals surface area contributed by atoms with Gasteiger partial charge in [0.25, 0.3) is 0 Å². The number of hydrogen-bond donors (Lipinski definition) is 0. The lowest BCUT2D eigenvalue weighted by Crippen LogP contribution is -2.04. The number of ether oxygens (including phenoxy) is 1. The third-order valence-electron chi connectivity index (χ3n) is 1.71. The highest BCUT2D eigenvalue weighted by molar-refractivity contribution is 5.88. The predicted octanol–water partition coefficient (Wildman–Crippen LogP) is 1.57. The van der Waals surface area contributed by atoms with Crippen LogP contribution < -0.4 is 0 Å². The Morgan fingerprint density at radius 3 is 2.23 bits per heavy atom. The summed E-state index contributed by atoms with van der Waals surface area (Å²) in [6.07, 6.45) is 3.77. The molecule has 0 unspecified atom stereocenters. The molecule has 0 aromatic heterocycles. The number of methoxy groups -OCH3 is 1. The van der Waals surface area contributed by atoms with Crippen LogP contribution in [0.15, 0.2) is 23.4 Å². The summed E-state index contributed by atoms with van der Waals surface area (Å²) in [5.41, 5.74) is 1.56. The Bertz CT molecular complexity index is 239.